The van der Waals surface area contributed by atoms with E-state index in [1.54, 1.807) is 6.33 Å². The third kappa shape index (κ3) is 1.06. The zero-order chi connectivity index (χ0) is 6.10. The second-order valence-corrected chi connectivity index (χ2v) is 1.92. The van der Waals surface area contributed by atoms with E-state index < -0.39 is 0 Å². The zero-order valence-electron chi connectivity index (χ0n) is 5.41. The van der Waals surface area contributed by atoms with Gasteiger partial charge in [-0.05, 0) is 12.1 Å². The molecule has 0 atom stereocenters. The van der Waals surface area contributed by atoms with Crippen molar-refractivity contribution in [3.05, 3.63) is 30.6 Å². The van der Waals surface area contributed by atoms with Crippen molar-refractivity contribution in [2.75, 3.05) is 0 Å². The highest BCUT2D eigenvalue weighted by molar-refractivity contribution is 5.75. The van der Waals surface area contributed by atoms with Gasteiger partial charge in [0.1, 0.15) is 0 Å². The molecule has 1 N–H and O–H groups in total. The van der Waals surface area contributed by atoms with E-state index in [9.17, 15) is 0 Å². The number of nitrogens with one attached hydrogen (secondary N) is 1. The number of hydrogen-bond acceptors (Lipinski definition) is 1. The molecule has 1 heterocycles. The molecule has 0 saturated carbocycles. The van der Waals surface area contributed by atoms with Gasteiger partial charge in [-0.2, -0.15) is 0 Å². The topological polar surface area (TPSA) is 28.7 Å². The summed E-state index contributed by atoms with van der Waals surface area (Å²) >= 11 is 0. The standard InChI is InChI=1S/C7H6N2.Al/c1-2-4-7-6(3-1)8-5-9-7;/h1-5H,(H,8,9);. The van der Waals surface area contributed by atoms with Gasteiger partial charge in [0, 0.05) is 17.4 Å². The second kappa shape index (κ2) is 2.87. The van der Waals surface area contributed by atoms with E-state index in [0.29, 0.717) is 0 Å². The summed E-state index contributed by atoms with van der Waals surface area (Å²) < 4.78 is 0. The van der Waals surface area contributed by atoms with Crippen LogP contribution in [-0.2, 0) is 0 Å². The van der Waals surface area contributed by atoms with Gasteiger partial charge in [-0.25, -0.2) is 4.98 Å². The number of aromatic nitrogens is 2. The molecule has 1 aromatic carbocycles. The maximum absolute atomic E-state index is 4.06. The molecule has 0 spiro atoms. The van der Waals surface area contributed by atoms with E-state index in [1.165, 1.54) is 0 Å². The average molecular weight is 145 g/mol. The van der Waals surface area contributed by atoms with Crippen LogP contribution < -0.4 is 0 Å². The molecule has 3 radical (unpaired) electrons. The first kappa shape index (κ1) is 7.33. The Morgan fingerprint density at radius 2 is 2.00 bits per heavy atom. The summed E-state index contributed by atoms with van der Waals surface area (Å²) in [4.78, 5) is 7.07. The lowest BCUT2D eigenvalue weighted by atomic mass is 10.3. The summed E-state index contributed by atoms with van der Waals surface area (Å²) in [6.07, 6.45) is 1.70. The van der Waals surface area contributed by atoms with E-state index in [2.05, 4.69) is 9.97 Å². The zero-order valence-corrected chi connectivity index (χ0v) is 6.57. The monoisotopic (exact) mass is 145 g/mol. The molecule has 1 aromatic heterocycles. The normalized spacial score (nSPS) is 9.20. The molecule has 0 bridgehead atoms. The van der Waals surface area contributed by atoms with Crippen molar-refractivity contribution in [3.8, 4) is 0 Å². The molecule has 2 rings (SSSR count). The molecule has 2 aromatic rings. The molecule has 0 aliphatic heterocycles. The Morgan fingerprint density at radius 3 is 2.80 bits per heavy atom. The van der Waals surface area contributed by atoms with E-state index >= 15 is 0 Å². The van der Waals surface area contributed by atoms with Gasteiger partial charge in [0.15, 0.2) is 0 Å². The largest absolute Gasteiger partial charge is 0.345 e. The van der Waals surface area contributed by atoms with Crippen molar-refractivity contribution >= 4 is 28.4 Å². The van der Waals surface area contributed by atoms with Crippen LogP contribution in [0.2, 0.25) is 0 Å². The summed E-state index contributed by atoms with van der Waals surface area (Å²) in [5, 5.41) is 0. The van der Waals surface area contributed by atoms with Crippen molar-refractivity contribution in [2.24, 2.45) is 0 Å². The Hall–Kier alpha value is -0.778. The molecule has 0 aliphatic rings. The van der Waals surface area contributed by atoms with Gasteiger partial charge in [-0.15, -0.1) is 0 Å². The SMILES string of the molecule is [Al].c1ccc2[nH]cnc2c1. The second-order valence-electron chi connectivity index (χ2n) is 1.92. The Balaban J connectivity index is 0.000000500. The van der Waals surface area contributed by atoms with E-state index in [4.69, 9.17) is 0 Å². The van der Waals surface area contributed by atoms with Crippen molar-refractivity contribution in [3.63, 3.8) is 0 Å². The summed E-state index contributed by atoms with van der Waals surface area (Å²) in [5.41, 5.74) is 2.12. The average Bonchev–Trinajstić information content (AvgIpc) is 2.33. The minimum Gasteiger partial charge on any atom is -0.345 e. The molecule has 3 heteroatoms. The minimum atomic E-state index is 0. The van der Waals surface area contributed by atoms with E-state index in [1.807, 2.05) is 24.3 Å². The molecule has 2 nitrogen and oxygen atoms in total. The summed E-state index contributed by atoms with van der Waals surface area (Å²) in [6.45, 7) is 0. The molecule has 0 saturated heterocycles. The van der Waals surface area contributed by atoms with E-state index in [-0.39, 0.29) is 17.4 Å². The number of H-pyrrole nitrogens is 1. The van der Waals surface area contributed by atoms with Gasteiger partial charge in [-0.1, -0.05) is 12.1 Å². The highest BCUT2D eigenvalue weighted by Crippen LogP contribution is 2.05. The predicted molar refractivity (Wildman–Crippen MR) is 41.8 cm³/mol. The van der Waals surface area contributed by atoms with Crippen molar-refractivity contribution in [1.82, 2.24) is 9.97 Å². The van der Waals surface area contributed by atoms with Crippen LogP contribution >= 0.6 is 0 Å². The van der Waals surface area contributed by atoms with Gasteiger partial charge >= 0.3 is 0 Å². The fourth-order valence-electron chi connectivity index (χ4n) is 0.880. The number of rotatable bonds is 0. The first-order chi connectivity index (χ1) is 4.47. The number of aromatic amines is 1. The van der Waals surface area contributed by atoms with Crippen molar-refractivity contribution < 1.29 is 0 Å². The van der Waals surface area contributed by atoms with Crippen LogP contribution in [0.25, 0.3) is 11.0 Å². The van der Waals surface area contributed by atoms with Gasteiger partial charge < -0.3 is 4.98 Å². The van der Waals surface area contributed by atoms with Gasteiger partial charge in [0.2, 0.25) is 0 Å². The fraction of sp³-hybridized carbons (Fsp3) is 0. The van der Waals surface area contributed by atoms with Crippen LogP contribution in [0, 0.1) is 0 Å². The number of fused-ring (bicyclic) bond motifs is 1. The lowest BCUT2D eigenvalue weighted by molar-refractivity contribution is 1.34. The number of para-hydroxylation sites is 2. The molecule has 0 unspecified atom stereocenters. The van der Waals surface area contributed by atoms with Gasteiger partial charge in [-0.3, -0.25) is 0 Å². The van der Waals surface area contributed by atoms with Crippen LogP contribution in [0.1, 0.15) is 0 Å². The van der Waals surface area contributed by atoms with E-state index in [0.717, 1.165) is 11.0 Å². The van der Waals surface area contributed by atoms with Gasteiger partial charge in [0.05, 0.1) is 17.4 Å². The molecule has 0 fully saturated rings. The van der Waals surface area contributed by atoms with Crippen LogP contribution in [0.3, 0.4) is 0 Å². The number of nitrogens with zero attached hydrogens (tertiary/aromatic N) is 1. The Morgan fingerprint density at radius 1 is 1.20 bits per heavy atom. The van der Waals surface area contributed by atoms with Crippen LogP contribution in [0.5, 0.6) is 0 Å². The quantitative estimate of drug-likeness (QED) is 0.554. The summed E-state index contributed by atoms with van der Waals surface area (Å²) in [6, 6.07) is 7.94. The lowest BCUT2D eigenvalue weighted by Crippen LogP contribution is -1.63. The fourth-order valence-corrected chi connectivity index (χ4v) is 0.880. The first-order valence-corrected chi connectivity index (χ1v) is 2.85. The maximum atomic E-state index is 4.06. The Labute approximate surface area is 69.4 Å². The van der Waals surface area contributed by atoms with Crippen molar-refractivity contribution in [1.29, 1.82) is 0 Å². The predicted octanol–water partition coefficient (Wildman–Crippen LogP) is 1.18. The number of benzene rings is 1. The van der Waals surface area contributed by atoms with Gasteiger partial charge in [0.25, 0.3) is 0 Å². The first-order valence-electron chi connectivity index (χ1n) is 2.85. The highest BCUT2D eigenvalue weighted by atomic mass is 27.0. The van der Waals surface area contributed by atoms with Crippen LogP contribution in [0.4, 0.5) is 0 Å². The molecule has 0 amide bonds. The molecule has 47 valence electrons. The smallest absolute Gasteiger partial charge is 0.0931 e. The Bertz CT molecular complexity index is 286. The molecular formula is C7H6AlN2. The maximum Gasteiger partial charge on any atom is 0.0931 e. The third-order valence-electron chi connectivity index (χ3n) is 1.33. The number of imidazole rings is 1. The van der Waals surface area contributed by atoms with Crippen LogP contribution in [0.15, 0.2) is 30.6 Å². The number of hydrogen-bond donors (Lipinski definition) is 1. The summed E-state index contributed by atoms with van der Waals surface area (Å²) in [7, 11) is 0. The minimum absolute atomic E-state index is 0. The lowest BCUT2D eigenvalue weighted by Gasteiger charge is -1.81. The van der Waals surface area contributed by atoms with Crippen molar-refractivity contribution in [2.45, 2.75) is 0 Å². The molecule has 10 heavy (non-hydrogen) atoms. The third-order valence-corrected chi connectivity index (χ3v) is 1.33. The highest BCUT2D eigenvalue weighted by Gasteiger charge is 1.88. The summed E-state index contributed by atoms with van der Waals surface area (Å²) in [5.74, 6) is 0. The molecule has 0 aliphatic carbocycles. The van der Waals surface area contributed by atoms with Crippen LogP contribution in [-0.4, -0.2) is 27.3 Å². The Kier molecular flexibility index (Phi) is 2.10. The molecular weight excluding hydrogens is 139 g/mol.